The number of benzene rings is 1. The molecule has 0 bridgehead atoms. The van der Waals surface area contributed by atoms with Crippen LogP contribution in [0.25, 0.3) is 11.4 Å². The minimum Gasteiger partial charge on any atom is -0.332 e. The van der Waals surface area contributed by atoms with Crippen LogP contribution in [-0.4, -0.2) is 45.4 Å². The molecule has 0 unspecified atom stereocenters. The lowest BCUT2D eigenvalue weighted by Crippen LogP contribution is -2.37. The van der Waals surface area contributed by atoms with E-state index in [9.17, 15) is 8.42 Å². The molecule has 9 nitrogen and oxygen atoms in total. The van der Waals surface area contributed by atoms with Gasteiger partial charge in [-0.15, -0.1) is 0 Å². The summed E-state index contributed by atoms with van der Waals surface area (Å²) in [6, 6.07) is 11.8. The molecular formula is C16H18N6O3S. The van der Waals surface area contributed by atoms with Crippen molar-refractivity contribution in [2.45, 2.75) is 19.6 Å². The van der Waals surface area contributed by atoms with Crippen molar-refractivity contribution < 1.29 is 12.9 Å². The van der Waals surface area contributed by atoms with Gasteiger partial charge in [0.1, 0.15) is 0 Å². The predicted molar refractivity (Wildman–Crippen MR) is 94.5 cm³/mol. The third kappa shape index (κ3) is 3.46. The molecule has 26 heavy (non-hydrogen) atoms. The molecule has 3 heterocycles. The second kappa shape index (κ2) is 6.54. The van der Waals surface area contributed by atoms with E-state index in [0.29, 0.717) is 38.0 Å². The summed E-state index contributed by atoms with van der Waals surface area (Å²) in [6.07, 6.45) is 1.22. The average Bonchev–Trinajstić information content (AvgIpc) is 3.26. The van der Waals surface area contributed by atoms with E-state index in [4.69, 9.17) is 4.52 Å². The molecule has 136 valence electrons. The molecule has 0 aliphatic carbocycles. The molecular weight excluding hydrogens is 356 g/mol. The Labute approximate surface area is 150 Å². The highest BCUT2D eigenvalue weighted by atomic mass is 32.2. The smallest absolute Gasteiger partial charge is 0.322 e. The molecule has 0 saturated carbocycles. The first-order chi connectivity index (χ1) is 12.5. The lowest BCUT2D eigenvalue weighted by atomic mass is 10.2. The summed E-state index contributed by atoms with van der Waals surface area (Å²) in [5.74, 6) is 0.515. The summed E-state index contributed by atoms with van der Waals surface area (Å²) in [5.41, 5.74) is 2.53. The molecule has 10 heteroatoms. The zero-order valence-electron chi connectivity index (χ0n) is 14.2. The van der Waals surface area contributed by atoms with Crippen LogP contribution in [-0.2, 0) is 29.7 Å². The summed E-state index contributed by atoms with van der Waals surface area (Å²) < 4.78 is 31.9. The summed E-state index contributed by atoms with van der Waals surface area (Å²) in [6.45, 7) is 1.73. The maximum absolute atomic E-state index is 11.7. The van der Waals surface area contributed by atoms with Gasteiger partial charge in [-0.05, 0) is 6.07 Å². The Morgan fingerprint density at radius 3 is 2.81 bits per heavy atom. The average molecular weight is 374 g/mol. The summed E-state index contributed by atoms with van der Waals surface area (Å²) in [7, 11) is -3.19. The van der Waals surface area contributed by atoms with E-state index in [1.165, 1.54) is 10.6 Å². The second-order valence-corrected chi connectivity index (χ2v) is 8.07. The number of aromatic nitrogens is 4. The molecule has 0 spiro atoms. The SMILES string of the molecule is CS(=O)(=O)N1CCn2nc(CNc3nc(-c4ccccc4)no3)cc2C1. The summed E-state index contributed by atoms with van der Waals surface area (Å²) in [5, 5.41) is 11.5. The van der Waals surface area contributed by atoms with Crippen LogP contribution in [0.4, 0.5) is 6.01 Å². The van der Waals surface area contributed by atoms with E-state index < -0.39 is 10.0 Å². The molecule has 0 fully saturated rings. The Balaban J connectivity index is 1.42. The Bertz CT molecular complexity index is 1010. The van der Waals surface area contributed by atoms with Crippen molar-refractivity contribution in [3.05, 3.63) is 47.8 Å². The van der Waals surface area contributed by atoms with Gasteiger partial charge in [0.25, 0.3) is 0 Å². The standard InChI is InChI=1S/C16H18N6O3S/c1-26(23,24)21-7-8-22-14(11-21)9-13(19-22)10-17-16-18-15(20-25-16)12-5-3-2-4-6-12/h2-6,9H,7-8,10-11H2,1H3,(H,17,18,20). The van der Waals surface area contributed by atoms with E-state index in [2.05, 4.69) is 20.6 Å². The Morgan fingerprint density at radius 2 is 2.04 bits per heavy atom. The van der Waals surface area contributed by atoms with Gasteiger partial charge in [-0.25, -0.2) is 8.42 Å². The van der Waals surface area contributed by atoms with Crippen molar-refractivity contribution in [2.24, 2.45) is 0 Å². The third-order valence-electron chi connectivity index (χ3n) is 4.16. The fraction of sp³-hybridized carbons (Fsp3) is 0.312. The molecule has 3 aromatic rings. The number of fused-ring (bicyclic) bond motifs is 1. The van der Waals surface area contributed by atoms with Crippen LogP contribution in [0.1, 0.15) is 11.4 Å². The molecule has 1 aromatic carbocycles. The third-order valence-corrected chi connectivity index (χ3v) is 5.41. The number of hydrogen-bond acceptors (Lipinski definition) is 7. The lowest BCUT2D eigenvalue weighted by molar-refractivity contribution is 0.328. The van der Waals surface area contributed by atoms with Gasteiger partial charge < -0.3 is 9.84 Å². The quantitative estimate of drug-likeness (QED) is 0.718. The van der Waals surface area contributed by atoms with Gasteiger partial charge in [0.15, 0.2) is 0 Å². The minimum atomic E-state index is -3.19. The highest BCUT2D eigenvalue weighted by Crippen LogP contribution is 2.19. The topological polar surface area (TPSA) is 106 Å². The maximum atomic E-state index is 11.7. The fourth-order valence-electron chi connectivity index (χ4n) is 2.84. The van der Waals surface area contributed by atoms with E-state index in [1.54, 1.807) is 0 Å². The highest BCUT2D eigenvalue weighted by Gasteiger charge is 2.24. The van der Waals surface area contributed by atoms with Crippen LogP contribution < -0.4 is 5.32 Å². The summed E-state index contributed by atoms with van der Waals surface area (Å²) >= 11 is 0. The van der Waals surface area contributed by atoms with Crippen LogP contribution in [0.5, 0.6) is 0 Å². The number of nitrogens with one attached hydrogen (secondary N) is 1. The molecule has 0 radical (unpaired) electrons. The first kappa shape index (κ1) is 16.7. The lowest BCUT2D eigenvalue weighted by Gasteiger charge is -2.25. The number of sulfonamides is 1. The van der Waals surface area contributed by atoms with Gasteiger partial charge >= 0.3 is 6.01 Å². The Morgan fingerprint density at radius 1 is 1.23 bits per heavy atom. The Hall–Kier alpha value is -2.72. The van der Waals surface area contributed by atoms with Gasteiger partial charge in [0.05, 0.1) is 37.3 Å². The molecule has 1 aliphatic rings. The highest BCUT2D eigenvalue weighted by molar-refractivity contribution is 7.88. The van der Waals surface area contributed by atoms with Gasteiger partial charge in [-0.3, -0.25) is 4.68 Å². The first-order valence-electron chi connectivity index (χ1n) is 8.13. The van der Waals surface area contributed by atoms with Crippen molar-refractivity contribution in [1.29, 1.82) is 0 Å². The molecule has 0 amide bonds. The van der Waals surface area contributed by atoms with Crippen LogP contribution in [0.2, 0.25) is 0 Å². The van der Waals surface area contributed by atoms with E-state index in [-0.39, 0.29) is 0 Å². The Kier molecular flexibility index (Phi) is 4.21. The van der Waals surface area contributed by atoms with Crippen molar-refractivity contribution in [2.75, 3.05) is 18.1 Å². The number of rotatable bonds is 5. The summed E-state index contributed by atoms with van der Waals surface area (Å²) in [4.78, 5) is 4.31. The first-order valence-corrected chi connectivity index (χ1v) is 9.97. The molecule has 2 aromatic heterocycles. The van der Waals surface area contributed by atoms with E-state index >= 15 is 0 Å². The molecule has 1 aliphatic heterocycles. The van der Waals surface area contributed by atoms with Gasteiger partial charge in [0, 0.05) is 12.1 Å². The van der Waals surface area contributed by atoms with Gasteiger partial charge in [0.2, 0.25) is 15.8 Å². The largest absolute Gasteiger partial charge is 0.332 e. The van der Waals surface area contributed by atoms with Crippen molar-refractivity contribution in [3.8, 4) is 11.4 Å². The van der Waals surface area contributed by atoms with Crippen LogP contribution in [0, 0.1) is 0 Å². The predicted octanol–water partition coefficient (Wildman–Crippen LogP) is 1.32. The maximum Gasteiger partial charge on any atom is 0.322 e. The zero-order chi connectivity index (χ0) is 18.1. The molecule has 0 saturated heterocycles. The van der Waals surface area contributed by atoms with Crippen LogP contribution >= 0.6 is 0 Å². The normalized spacial score (nSPS) is 15.0. The minimum absolute atomic E-state index is 0.313. The number of hydrogen-bond donors (Lipinski definition) is 1. The van der Waals surface area contributed by atoms with Gasteiger partial charge in [-0.1, -0.05) is 35.5 Å². The van der Waals surface area contributed by atoms with Crippen molar-refractivity contribution >= 4 is 16.0 Å². The number of nitrogens with zero attached hydrogens (tertiary/aromatic N) is 5. The van der Waals surface area contributed by atoms with Crippen molar-refractivity contribution in [3.63, 3.8) is 0 Å². The zero-order valence-corrected chi connectivity index (χ0v) is 15.0. The molecule has 4 rings (SSSR count). The molecule has 1 N–H and O–H groups in total. The van der Waals surface area contributed by atoms with Crippen LogP contribution in [0.15, 0.2) is 40.9 Å². The monoisotopic (exact) mass is 374 g/mol. The van der Waals surface area contributed by atoms with E-state index in [1.807, 2.05) is 41.1 Å². The van der Waals surface area contributed by atoms with E-state index in [0.717, 1.165) is 17.0 Å². The molecule has 0 atom stereocenters. The number of anilines is 1. The van der Waals surface area contributed by atoms with Crippen LogP contribution in [0.3, 0.4) is 0 Å². The van der Waals surface area contributed by atoms with Crippen molar-refractivity contribution in [1.82, 2.24) is 24.2 Å². The fourth-order valence-corrected chi connectivity index (χ4v) is 3.62. The second-order valence-electron chi connectivity index (χ2n) is 6.09. The van der Waals surface area contributed by atoms with Gasteiger partial charge in [-0.2, -0.15) is 14.4 Å².